The van der Waals surface area contributed by atoms with E-state index in [9.17, 15) is 14.7 Å². The summed E-state index contributed by atoms with van der Waals surface area (Å²) in [4.78, 5) is 37.9. The summed E-state index contributed by atoms with van der Waals surface area (Å²) in [5.41, 5.74) is 8.49. The Hall–Kier alpha value is -4.05. The summed E-state index contributed by atoms with van der Waals surface area (Å²) in [6.45, 7) is 5.37. The number of hydrogen-bond acceptors (Lipinski definition) is 6. The molecule has 1 aliphatic heterocycles. The minimum Gasteiger partial charge on any atom is -0.392 e. The molecule has 222 valence electrons. The van der Waals surface area contributed by atoms with Crippen LogP contribution in [0.3, 0.4) is 0 Å². The van der Waals surface area contributed by atoms with Crippen LogP contribution in [0.5, 0.6) is 0 Å². The van der Waals surface area contributed by atoms with E-state index in [1.165, 1.54) is 0 Å². The number of halogens is 1. The highest BCUT2D eigenvalue weighted by Crippen LogP contribution is 2.44. The van der Waals surface area contributed by atoms with Gasteiger partial charge in [-0.1, -0.05) is 35.9 Å². The SMILES string of the molecule is Cc1c(NC(=O)c2ncc(CO)c(C3CC3)c2C)cccc1-c1cccc(NC(=O)c2nc3c(n2C)CCN(C)C3)c1Cl. The largest absolute Gasteiger partial charge is 0.392 e. The maximum atomic E-state index is 13.4. The first kappa shape index (κ1) is 29.0. The average molecular weight is 599 g/mol. The van der Waals surface area contributed by atoms with Gasteiger partial charge in [0.15, 0.2) is 5.82 Å². The van der Waals surface area contributed by atoms with E-state index in [1.807, 2.05) is 62.8 Å². The number of fused-ring (bicyclic) bond motifs is 1. The highest BCUT2D eigenvalue weighted by Gasteiger charge is 2.30. The van der Waals surface area contributed by atoms with Crippen LogP contribution in [-0.4, -0.2) is 49.9 Å². The van der Waals surface area contributed by atoms with Gasteiger partial charge in [-0.2, -0.15) is 0 Å². The van der Waals surface area contributed by atoms with Crippen molar-refractivity contribution in [3.05, 3.63) is 92.8 Å². The predicted molar refractivity (Wildman–Crippen MR) is 168 cm³/mol. The number of benzene rings is 2. The zero-order valence-electron chi connectivity index (χ0n) is 24.8. The van der Waals surface area contributed by atoms with Gasteiger partial charge in [-0.15, -0.1) is 0 Å². The van der Waals surface area contributed by atoms with E-state index in [2.05, 4.69) is 25.5 Å². The van der Waals surface area contributed by atoms with Gasteiger partial charge in [-0.05, 0) is 79.6 Å². The third-order valence-corrected chi connectivity index (χ3v) is 9.00. The number of hydrogen-bond donors (Lipinski definition) is 3. The number of anilines is 2. The molecule has 2 aromatic carbocycles. The summed E-state index contributed by atoms with van der Waals surface area (Å²) in [6.07, 6.45) is 4.57. The Balaban J connectivity index is 1.26. The number of aliphatic hydroxyl groups is 1. The summed E-state index contributed by atoms with van der Waals surface area (Å²) in [7, 11) is 3.92. The number of likely N-dealkylation sites (N-methyl/N-ethyl adjacent to an activating group) is 1. The monoisotopic (exact) mass is 598 g/mol. The van der Waals surface area contributed by atoms with E-state index in [-0.39, 0.29) is 18.4 Å². The lowest BCUT2D eigenvalue weighted by Crippen LogP contribution is -2.27. The molecule has 1 fully saturated rings. The number of carbonyl (C=O) groups excluding carboxylic acids is 2. The summed E-state index contributed by atoms with van der Waals surface area (Å²) in [5, 5.41) is 16.2. The number of aromatic nitrogens is 3. The van der Waals surface area contributed by atoms with Crippen LogP contribution in [0, 0.1) is 13.8 Å². The lowest BCUT2D eigenvalue weighted by Gasteiger charge is -2.21. The van der Waals surface area contributed by atoms with Crippen molar-refractivity contribution in [3.63, 3.8) is 0 Å². The van der Waals surface area contributed by atoms with Crippen LogP contribution in [-0.2, 0) is 26.6 Å². The van der Waals surface area contributed by atoms with Crippen LogP contribution in [0.15, 0.2) is 42.6 Å². The molecular formula is C33H35ClN6O3. The summed E-state index contributed by atoms with van der Waals surface area (Å²) >= 11 is 6.90. The van der Waals surface area contributed by atoms with Crippen LogP contribution in [0.25, 0.3) is 11.1 Å². The Morgan fingerprint density at radius 2 is 1.70 bits per heavy atom. The number of nitrogens with one attached hydrogen (secondary N) is 2. The van der Waals surface area contributed by atoms with E-state index >= 15 is 0 Å². The molecule has 3 N–H and O–H groups in total. The minimum atomic E-state index is -0.322. The molecule has 4 aromatic rings. The second kappa shape index (κ2) is 11.6. The molecule has 0 bridgehead atoms. The van der Waals surface area contributed by atoms with Crippen molar-refractivity contribution in [1.82, 2.24) is 19.4 Å². The first-order chi connectivity index (χ1) is 20.7. The van der Waals surface area contributed by atoms with Crippen LogP contribution in [0.2, 0.25) is 5.02 Å². The summed E-state index contributed by atoms with van der Waals surface area (Å²) in [5.74, 6) is 0.0989. The van der Waals surface area contributed by atoms with Gasteiger partial charge < -0.3 is 25.2 Å². The Kier molecular flexibility index (Phi) is 7.81. The van der Waals surface area contributed by atoms with E-state index in [1.54, 1.807) is 12.3 Å². The standard InChI is InChI=1S/C33H35ClN6O3/c1-18-22(7-5-9-24(18)37-32(42)30-19(2)28(20-11-12-20)21(17-41)15-35-30)23-8-6-10-25(29(23)34)38-33(43)31-36-26-16-39(3)14-13-27(26)40(31)4/h5-10,15,20,41H,11-14,16-17H2,1-4H3,(H,37,42)(H,38,43). The van der Waals surface area contributed by atoms with E-state index in [0.29, 0.717) is 40.4 Å². The summed E-state index contributed by atoms with van der Waals surface area (Å²) < 4.78 is 1.87. The molecule has 3 heterocycles. The van der Waals surface area contributed by atoms with Gasteiger partial charge in [0.1, 0.15) is 5.69 Å². The Labute approximate surface area is 255 Å². The minimum absolute atomic E-state index is 0.0929. The number of amides is 2. The average Bonchev–Trinajstić information content (AvgIpc) is 3.77. The van der Waals surface area contributed by atoms with E-state index < -0.39 is 0 Å². The van der Waals surface area contributed by atoms with Crippen LogP contribution < -0.4 is 10.6 Å². The zero-order valence-corrected chi connectivity index (χ0v) is 25.5. The molecule has 1 aliphatic carbocycles. The number of aliphatic hydroxyl groups excluding tert-OH is 1. The number of rotatable bonds is 7. The topological polar surface area (TPSA) is 112 Å². The predicted octanol–water partition coefficient (Wildman–Crippen LogP) is 5.61. The molecule has 2 aliphatic rings. The molecule has 0 unspecified atom stereocenters. The Bertz CT molecular complexity index is 1760. The highest BCUT2D eigenvalue weighted by molar-refractivity contribution is 6.36. The second-order valence-corrected chi connectivity index (χ2v) is 11.9. The first-order valence-electron chi connectivity index (χ1n) is 14.5. The second-order valence-electron chi connectivity index (χ2n) is 11.5. The van der Waals surface area contributed by atoms with Gasteiger partial charge in [0, 0.05) is 49.7 Å². The van der Waals surface area contributed by atoms with Crippen molar-refractivity contribution in [2.24, 2.45) is 7.05 Å². The van der Waals surface area contributed by atoms with E-state index in [0.717, 1.165) is 70.6 Å². The number of pyridine rings is 1. The van der Waals surface area contributed by atoms with Gasteiger partial charge >= 0.3 is 0 Å². The third kappa shape index (κ3) is 5.44. The maximum Gasteiger partial charge on any atom is 0.291 e. The number of nitrogens with zero attached hydrogens (tertiary/aromatic N) is 4. The smallest absolute Gasteiger partial charge is 0.291 e. The quantitative estimate of drug-likeness (QED) is 0.255. The zero-order chi connectivity index (χ0) is 30.4. The van der Waals surface area contributed by atoms with Crippen LogP contribution >= 0.6 is 11.6 Å². The molecule has 0 saturated heterocycles. The molecule has 9 nitrogen and oxygen atoms in total. The van der Waals surface area contributed by atoms with Crippen LogP contribution in [0.4, 0.5) is 11.4 Å². The lowest BCUT2D eigenvalue weighted by atomic mass is 9.97. The van der Waals surface area contributed by atoms with Gasteiger partial charge in [-0.3, -0.25) is 14.6 Å². The molecular weight excluding hydrogens is 564 g/mol. The van der Waals surface area contributed by atoms with Crippen molar-refractivity contribution >= 4 is 34.8 Å². The molecule has 0 atom stereocenters. The van der Waals surface area contributed by atoms with Gasteiger partial charge in [0.05, 0.1) is 23.0 Å². The fourth-order valence-corrected chi connectivity index (χ4v) is 6.37. The molecule has 1 saturated carbocycles. The third-order valence-electron chi connectivity index (χ3n) is 8.59. The molecule has 2 amide bonds. The molecule has 6 rings (SSSR count). The van der Waals surface area contributed by atoms with Gasteiger partial charge in [0.25, 0.3) is 11.8 Å². The molecule has 43 heavy (non-hydrogen) atoms. The van der Waals surface area contributed by atoms with Crippen molar-refractivity contribution in [1.29, 1.82) is 0 Å². The highest BCUT2D eigenvalue weighted by atomic mass is 35.5. The molecule has 0 spiro atoms. The Morgan fingerprint density at radius 1 is 1.00 bits per heavy atom. The van der Waals surface area contributed by atoms with Crippen LogP contribution in [0.1, 0.15) is 73.5 Å². The fraction of sp³-hybridized carbons (Fsp3) is 0.333. The molecule has 2 aromatic heterocycles. The summed E-state index contributed by atoms with van der Waals surface area (Å²) in [6, 6.07) is 11.1. The van der Waals surface area contributed by atoms with E-state index in [4.69, 9.17) is 11.6 Å². The van der Waals surface area contributed by atoms with Crippen molar-refractivity contribution in [2.75, 3.05) is 24.2 Å². The first-order valence-corrected chi connectivity index (χ1v) is 14.9. The number of carbonyl (C=O) groups is 2. The molecule has 10 heteroatoms. The normalized spacial score (nSPS) is 14.8. The van der Waals surface area contributed by atoms with Crippen molar-refractivity contribution in [2.45, 2.75) is 52.2 Å². The molecule has 0 radical (unpaired) electrons. The van der Waals surface area contributed by atoms with Crippen molar-refractivity contribution in [3.8, 4) is 11.1 Å². The maximum absolute atomic E-state index is 13.4. The lowest BCUT2D eigenvalue weighted by molar-refractivity contribution is 0.100. The van der Waals surface area contributed by atoms with Crippen molar-refractivity contribution < 1.29 is 14.7 Å². The van der Waals surface area contributed by atoms with Gasteiger partial charge in [-0.25, -0.2) is 4.98 Å². The van der Waals surface area contributed by atoms with Gasteiger partial charge in [0.2, 0.25) is 0 Å². The fourth-order valence-electron chi connectivity index (χ4n) is 6.09. The number of imidazole rings is 1. The Morgan fingerprint density at radius 3 is 2.42 bits per heavy atom.